The molecule has 0 saturated heterocycles. The molecule has 2 rings (SSSR count). The molecule has 2 nitrogen and oxygen atoms in total. The fraction of sp³-hybridized carbons (Fsp3) is 0.400. The van der Waals surface area contributed by atoms with Crippen molar-refractivity contribution >= 4 is 28.2 Å². The number of fused-ring (bicyclic) bond motifs is 1. The molecule has 0 saturated carbocycles. The molecule has 1 aromatic heterocycles. The number of aromatic nitrogens is 1. The number of halogens is 1. The largest absolute Gasteiger partial charge is 0.384 e. The molecule has 0 fully saturated rings. The summed E-state index contributed by atoms with van der Waals surface area (Å²) in [6, 6.07) is 10.2. The summed E-state index contributed by atoms with van der Waals surface area (Å²) < 4.78 is 0. The third kappa shape index (κ3) is 3.36. The van der Waals surface area contributed by atoms with Gasteiger partial charge in [-0.05, 0) is 30.9 Å². The van der Waals surface area contributed by atoms with Gasteiger partial charge in [0.1, 0.15) is 0 Å². The van der Waals surface area contributed by atoms with Gasteiger partial charge in [0.05, 0.1) is 5.52 Å². The lowest BCUT2D eigenvalue weighted by Crippen LogP contribution is -2.05. The Kier molecular flexibility index (Phi) is 4.82. The Morgan fingerprint density at radius 3 is 2.94 bits per heavy atom. The summed E-state index contributed by atoms with van der Waals surface area (Å²) in [5.41, 5.74) is 2.20. The number of hydrogen-bond donors (Lipinski definition) is 1. The summed E-state index contributed by atoms with van der Waals surface area (Å²) in [4.78, 5) is 4.35. The highest BCUT2D eigenvalue weighted by Gasteiger charge is 2.02. The first-order chi connectivity index (χ1) is 8.81. The van der Waals surface area contributed by atoms with Crippen molar-refractivity contribution in [2.45, 2.75) is 19.8 Å². The average Bonchev–Trinajstić information content (AvgIpc) is 2.43. The molecule has 0 spiro atoms. The smallest absolute Gasteiger partial charge is 0.0722 e. The normalized spacial score (nSPS) is 12.6. The maximum Gasteiger partial charge on any atom is 0.0722 e. The maximum atomic E-state index is 5.80. The van der Waals surface area contributed by atoms with Crippen LogP contribution in [0.2, 0.25) is 0 Å². The number of pyridine rings is 1. The molecule has 0 amide bonds. The van der Waals surface area contributed by atoms with E-state index in [4.69, 9.17) is 11.6 Å². The molecule has 0 aliphatic carbocycles. The van der Waals surface area contributed by atoms with E-state index in [1.165, 1.54) is 17.5 Å². The monoisotopic (exact) mass is 262 g/mol. The van der Waals surface area contributed by atoms with E-state index in [-0.39, 0.29) is 0 Å². The highest BCUT2D eigenvalue weighted by molar-refractivity contribution is 6.18. The van der Waals surface area contributed by atoms with Gasteiger partial charge in [-0.15, -0.1) is 11.6 Å². The quantitative estimate of drug-likeness (QED) is 0.620. The standard InChI is InChI=1S/C15H19ClN2/c1-12(11-16)5-4-9-17-15-8-10-18-14-7-3-2-6-13(14)15/h2-3,6-8,10,12H,4-5,9,11H2,1H3,(H,17,18). The van der Waals surface area contributed by atoms with E-state index < -0.39 is 0 Å². The Bertz CT molecular complexity index is 493. The number of hydrogen-bond acceptors (Lipinski definition) is 2. The highest BCUT2D eigenvalue weighted by Crippen LogP contribution is 2.21. The van der Waals surface area contributed by atoms with Gasteiger partial charge in [-0.2, -0.15) is 0 Å². The van der Waals surface area contributed by atoms with Gasteiger partial charge in [0.2, 0.25) is 0 Å². The lowest BCUT2D eigenvalue weighted by molar-refractivity contribution is 0.573. The van der Waals surface area contributed by atoms with Crippen molar-refractivity contribution in [1.29, 1.82) is 0 Å². The Hall–Kier alpha value is -1.28. The molecular weight excluding hydrogens is 244 g/mol. The first kappa shape index (κ1) is 13.2. The number of alkyl halides is 1. The van der Waals surface area contributed by atoms with Crippen LogP contribution in [0.1, 0.15) is 19.8 Å². The molecule has 1 aromatic carbocycles. The minimum Gasteiger partial charge on any atom is -0.384 e. The Morgan fingerprint density at radius 2 is 2.11 bits per heavy atom. The van der Waals surface area contributed by atoms with Crippen molar-refractivity contribution in [3.05, 3.63) is 36.5 Å². The van der Waals surface area contributed by atoms with Crippen LogP contribution < -0.4 is 5.32 Å². The van der Waals surface area contributed by atoms with Crippen molar-refractivity contribution in [1.82, 2.24) is 4.98 Å². The Balaban J connectivity index is 1.95. The molecule has 0 bridgehead atoms. The van der Waals surface area contributed by atoms with Crippen LogP contribution in [-0.2, 0) is 0 Å². The van der Waals surface area contributed by atoms with Crippen molar-refractivity contribution in [2.24, 2.45) is 5.92 Å². The molecule has 0 radical (unpaired) electrons. The lowest BCUT2D eigenvalue weighted by Gasteiger charge is -2.10. The molecule has 0 aliphatic heterocycles. The minimum absolute atomic E-state index is 0.600. The molecule has 1 N–H and O–H groups in total. The molecular formula is C15H19ClN2. The third-order valence-electron chi connectivity index (χ3n) is 3.10. The van der Waals surface area contributed by atoms with Gasteiger partial charge in [-0.1, -0.05) is 25.1 Å². The summed E-state index contributed by atoms with van der Waals surface area (Å²) in [7, 11) is 0. The predicted molar refractivity (Wildman–Crippen MR) is 79.4 cm³/mol. The van der Waals surface area contributed by atoms with Gasteiger partial charge in [-0.3, -0.25) is 4.98 Å². The summed E-state index contributed by atoms with van der Waals surface area (Å²) >= 11 is 5.80. The molecule has 18 heavy (non-hydrogen) atoms. The van der Waals surface area contributed by atoms with Gasteiger partial charge >= 0.3 is 0 Å². The zero-order valence-corrected chi connectivity index (χ0v) is 11.5. The van der Waals surface area contributed by atoms with Crippen molar-refractivity contribution < 1.29 is 0 Å². The summed E-state index contributed by atoms with van der Waals surface area (Å²) in [5.74, 6) is 1.35. The van der Waals surface area contributed by atoms with E-state index >= 15 is 0 Å². The van der Waals surface area contributed by atoms with E-state index in [0.29, 0.717) is 5.92 Å². The molecule has 96 valence electrons. The molecule has 2 aromatic rings. The summed E-state index contributed by atoms with van der Waals surface area (Å²) in [6.07, 6.45) is 4.16. The van der Waals surface area contributed by atoms with Crippen LogP contribution in [0, 0.1) is 5.92 Å². The van der Waals surface area contributed by atoms with E-state index in [2.05, 4.69) is 23.3 Å². The molecule has 1 unspecified atom stereocenters. The molecule has 1 atom stereocenters. The molecule has 1 heterocycles. The Labute approximate surface area is 113 Å². The first-order valence-electron chi connectivity index (χ1n) is 6.45. The summed E-state index contributed by atoms with van der Waals surface area (Å²) in [6.45, 7) is 3.17. The van der Waals surface area contributed by atoms with Crippen LogP contribution in [0.4, 0.5) is 5.69 Å². The SMILES string of the molecule is CC(CCl)CCCNc1ccnc2ccccc12. The zero-order valence-electron chi connectivity index (χ0n) is 10.7. The number of nitrogens with one attached hydrogen (secondary N) is 1. The predicted octanol–water partition coefficient (Wildman–Crippen LogP) is 4.30. The molecule has 0 aliphatic rings. The number of benzene rings is 1. The number of rotatable bonds is 6. The topological polar surface area (TPSA) is 24.9 Å². The van der Waals surface area contributed by atoms with E-state index in [0.717, 1.165) is 24.4 Å². The van der Waals surface area contributed by atoms with Gasteiger partial charge in [0, 0.05) is 29.7 Å². The van der Waals surface area contributed by atoms with E-state index in [1.807, 2.05) is 30.5 Å². The summed E-state index contributed by atoms with van der Waals surface area (Å²) in [5, 5.41) is 4.67. The van der Waals surface area contributed by atoms with Gasteiger partial charge in [-0.25, -0.2) is 0 Å². The second kappa shape index (κ2) is 6.60. The van der Waals surface area contributed by atoms with Crippen LogP contribution in [-0.4, -0.2) is 17.4 Å². The van der Waals surface area contributed by atoms with Crippen LogP contribution in [0.3, 0.4) is 0 Å². The van der Waals surface area contributed by atoms with E-state index in [1.54, 1.807) is 0 Å². The van der Waals surface area contributed by atoms with Crippen LogP contribution >= 0.6 is 11.6 Å². The maximum absolute atomic E-state index is 5.80. The first-order valence-corrected chi connectivity index (χ1v) is 6.98. The second-order valence-electron chi connectivity index (χ2n) is 4.70. The van der Waals surface area contributed by atoms with Gasteiger partial charge in [0.15, 0.2) is 0 Å². The second-order valence-corrected chi connectivity index (χ2v) is 5.01. The van der Waals surface area contributed by atoms with Crippen molar-refractivity contribution in [2.75, 3.05) is 17.7 Å². The van der Waals surface area contributed by atoms with Gasteiger partial charge in [0.25, 0.3) is 0 Å². The highest BCUT2D eigenvalue weighted by atomic mass is 35.5. The fourth-order valence-electron chi connectivity index (χ4n) is 2.00. The van der Waals surface area contributed by atoms with Crippen molar-refractivity contribution in [3.8, 4) is 0 Å². The minimum atomic E-state index is 0.600. The molecule has 3 heteroatoms. The fourth-order valence-corrected chi connectivity index (χ4v) is 2.16. The average molecular weight is 263 g/mol. The van der Waals surface area contributed by atoms with Crippen LogP contribution in [0.5, 0.6) is 0 Å². The lowest BCUT2D eigenvalue weighted by atomic mass is 10.1. The number of para-hydroxylation sites is 1. The zero-order chi connectivity index (χ0) is 12.8. The number of anilines is 1. The van der Waals surface area contributed by atoms with Crippen LogP contribution in [0.15, 0.2) is 36.5 Å². The van der Waals surface area contributed by atoms with Crippen molar-refractivity contribution in [3.63, 3.8) is 0 Å². The Morgan fingerprint density at radius 1 is 1.28 bits per heavy atom. The van der Waals surface area contributed by atoms with E-state index in [9.17, 15) is 0 Å². The van der Waals surface area contributed by atoms with Gasteiger partial charge < -0.3 is 5.32 Å². The third-order valence-corrected chi connectivity index (χ3v) is 3.63. The number of nitrogens with zero attached hydrogens (tertiary/aromatic N) is 1. The van der Waals surface area contributed by atoms with Crippen LogP contribution in [0.25, 0.3) is 10.9 Å².